The molecular formula is C30H37N3O4S. The molecule has 202 valence electrons. The molecule has 7 nitrogen and oxygen atoms in total. The number of carbonyl (C=O) groups is 2. The van der Waals surface area contributed by atoms with E-state index in [1.54, 1.807) is 12.1 Å². The Morgan fingerprint density at radius 1 is 0.868 bits per heavy atom. The number of hydrogen-bond acceptors (Lipinski definition) is 4. The minimum Gasteiger partial charge on any atom is -0.354 e. The molecule has 3 aromatic rings. The van der Waals surface area contributed by atoms with E-state index in [1.165, 1.54) is 4.90 Å². The summed E-state index contributed by atoms with van der Waals surface area (Å²) in [5.41, 5.74) is 4.11. The number of aryl methyl sites for hydroxylation is 2. The van der Waals surface area contributed by atoms with Crippen molar-refractivity contribution in [2.45, 2.75) is 46.2 Å². The maximum absolute atomic E-state index is 14.0. The van der Waals surface area contributed by atoms with Gasteiger partial charge in [0.05, 0.1) is 11.9 Å². The van der Waals surface area contributed by atoms with Gasteiger partial charge in [0.15, 0.2) is 0 Å². The lowest BCUT2D eigenvalue weighted by Crippen LogP contribution is -2.53. The molecule has 0 aliphatic rings. The van der Waals surface area contributed by atoms with Gasteiger partial charge in [-0.1, -0.05) is 73.7 Å². The van der Waals surface area contributed by atoms with Gasteiger partial charge in [0.1, 0.15) is 12.6 Å². The van der Waals surface area contributed by atoms with E-state index in [2.05, 4.69) is 5.32 Å². The van der Waals surface area contributed by atoms with E-state index in [0.717, 1.165) is 39.2 Å². The average Bonchev–Trinajstić information content (AvgIpc) is 2.90. The van der Waals surface area contributed by atoms with Gasteiger partial charge < -0.3 is 10.2 Å². The van der Waals surface area contributed by atoms with Crippen LogP contribution >= 0.6 is 0 Å². The van der Waals surface area contributed by atoms with Gasteiger partial charge in [-0.05, 0) is 54.7 Å². The zero-order chi connectivity index (χ0) is 27.7. The maximum Gasteiger partial charge on any atom is 0.244 e. The average molecular weight is 536 g/mol. The third-order valence-electron chi connectivity index (χ3n) is 6.47. The molecule has 0 aliphatic heterocycles. The normalized spacial score (nSPS) is 12.0. The van der Waals surface area contributed by atoms with Crippen LogP contribution in [0.3, 0.4) is 0 Å². The first-order valence-corrected chi connectivity index (χ1v) is 14.6. The van der Waals surface area contributed by atoms with Crippen LogP contribution in [-0.2, 0) is 32.6 Å². The van der Waals surface area contributed by atoms with Crippen molar-refractivity contribution in [2.24, 2.45) is 0 Å². The predicted molar refractivity (Wildman–Crippen MR) is 152 cm³/mol. The highest BCUT2D eigenvalue weighted by Crippen LogP contribution is 2.23. The molecule has 0 bridgehead atoms. The molecule has 0 saturated carbocycles. The van der Waals surface area contributed by atoms with Crippen LogP contribution in [-0.4, -0.2) is 50.5 Å². The first-order valence-electron chi connectivity index (χ1n) is 12.8. The number of rotatable bonds is 12. The Bertz CT molecular complexity index is 1330. The van der Waals surface area contributed by atoms with Crippen LogP contribution in [0.2, 0.25) is 0 Å². The van der Waals surface area contributed by atoms with Crippen LogP contribution in [0.15, 0.2) is 78.9 Å². The van der Waals surface area contributed by atoms with Crippen molar-refractivity contribution >= 4 is 27.5 Å². The molecular weight excluding hydrogens is 498 g/mol. The standard InChI is InChI=1S/C30H37N3O4S/c1-5-18-31-30(35)28(20-25-12-8-6-9-13-25)32(21-26-14-10-7-11-15-26)29(34)22-33(38(4,36)37)27-17-16-23(2)24(3)19-27/h6-17,19,28H,5,18,20-22H2,1-4H3,(H,31,35)/t28-/m1/s1. The molecule has 0 heterocycles. The van der Waals surface area contributed by atoms with Gasteiger partial charge in [-0.15, -0.1) is 0 Å². The number of nitrogens with one attached hydrogen (secondary N) is 1. The van der Waals surface area contributed by atoms with Crippen molar-refractivity contribution in [3.8, 4) is 0 Å². The molecule has 1 atom stereocenters. The monoisotopic (exact) mass is 535 g/mol. The summed E-state index contributed by atoms with van der Waals surface area (Å²) in [5.74, 6) is -0.720. The minimum absolute atomic E-state index is 0.168. The second-order valence-electron chi connectivity index (χ2n) is 9.54. The summed E-state index contributed by atoms with van der Waals surface area (Å²) in [7, 11) is -3.78. The van der Waals surface area contributed by atoms with Gasteiger partial charge in [0, 0.05) is 19.5 Å². The molecule has 3 rings (SSSR count). The quantitative estimate of drug-likeness (QED) is 0.376. The van der Waals surface area contributed by atoms with E-state index in [1.807, 2.05) is 87.5 Å². The summed E-state index contributed by atoms with van der Waals surface area (Å²) in [5, 5.41) is 2.94. The van der Waals surface area contributed by atoms with E-state index < -0.39 is 28.5 Å². The molecule has 0 saturated heterocycles. The van der Waals surface area contributed by atoms with Crippen molar-refractivity contribution in [1.82, 2.24) is 10.2 Å². The number of amides is 2. The molecule has 0 spiro atoms. The summed E-state index contributed by atoms with van der Waals surface area (Å²) >= 11 is 0. The highest BCUT2D eigenvalue weighted by atomic mass is 32.2. The molecule has 1 N–H and O–H groups in total. The zero-order valence-corrected chi connectivity index (χ0v) is 23.4. The van der Waals surface area contributed by atoms with Crippen LogP contribution < -0.4 is 9.62 Å². The lowest BCUT2D eigenvalue weighted by Gasteiger charge is -2.33. The van der Waals surface area contributed by atoms with Gasteiger partial charge >= 0.3 is 0 Å². The zero-order valence-electron chi connectivity index (χ0n) is 22.6. The fourth-order valence-corrected chi connectivity index (χ4v) is 5.04. The number of carbonyl (C=O) groups excluding carboxylic acids is 2. The number of benzene rings is 3. The number of sulfonamides is 1. The van der Waals surface area contributed by atoms with Crippen LogP contribution in [0, 0.1) is 13.8 Å². The van der Waals surface area contributed by atoms with Crippen molar-refractivity contribution in [3.63, 3.8) is 0 Å². The van der Waals surface area contributed by atoms with Gasteiger partial charge in [-0.3, -0.25) is 13.9 Å². The topological polar surface area (TPSA) is 86.8 Å². The molecule has 0 fully saturated rings. The second kappa shape index (κ2) is 13.2. The highest BCUT2D eigenvalue weighted by molar-refractivity contribution is 7.92. The molecule has 0 radical (unpaired) electrons. The Morgan fingerprint density at radius 3 is 2.03 bits per heavy atom. The molecule has 38 heavy (non-hydrogen) atoms. The molecule has 8 heteroatoms. The largest absolute Gasteiger partial charge is 0.354 e. The van der Waals surface area contributed by atoms with Crippen molar-refractivity contribution in [1.29, 1.82) is 0 Å². The number of anilines is 1. The molecule has 2 amide bonds. The number of hydrogen-bond donors (Lipinski definition) is 1. The van der Waals surface area contributed by atoms with E-state index in [-0.39, 0.29) is 12.5 Å². The SMILES string of the molecule is CCCNC(=O)[C@@H](Cc1ccccc1)N(Cc1ccccc1)C(=O)CN(c1ccc(C)c(C)c1)S(C)(=O)=O. The third-order valence-corrected chi connectivity index (χ3v) is 7.61. The van der Waals surface area contributed by atoms with Crippen molar-refractivity contribution in [3.05, 3.63) is 101 Å². The minimum atomic E-state index is -3.78. The Balaban J connectivity index is 2.03. The van der Waals surface area contributed by atoms with E-state index in [0.29, 0.717) is 18.7 Å². The number of nitrogens with zero attached hydrogens (tertiary/aromatic N) is 2. The Labute approximate surface area is 226 Å². The Hall–Kier alpha value is -3.65. The fourth-order valence-electron chi connectivity index (χ4n) is 4.19. The summed E-state index contributed by atoms with van der Waals surface area (Å²) in [6.45, 7) is 6.04. The smallest absolute Gasteiger partial charge is 0.244 e. The first-order chi connectivity index (χ1) is 18.1. The second-order valence-corrected chi connectivity index (χ2v) is 11.4. The molecule has 0 aliphatic carbocycles. The summed E-state index contributed by atoms with van der Waals surface area (Å²) in [6, 6.07) is 23.4. The summed E-state index contributed by atoms with van der Waals surface area (Å²) in [6.07, 6.45) is 2.15. The van der Waals surface area contributed by atoms with Gasteiger partial charge in [-0.2, -0.15) is 0 Å². The Morgan fingerprint density at radius 2 is 1.47 bits per heavy atom. The van der Waals surface area contributed by atoms with E-state index in [4.69, 9.17) is 0 Å². The van der Waals surface area contributed by atoms with E-state index >= 15 is 0 Å². The van der Waals surface area contributed by atoms with Gasteiger partial charge in [-0.25, -0.2) is 8.42 Å². The Kier molecular flexibility index (Phi) is 10.1. The van der Waals surface area contributed by atoms with Crippen molar-refractivity contribution < 1.29 is 18.0 Å². The van der Waals surface area contributed by atoms with Crippen LogP contribution in [0.25, 0.3) is 0 Å². The summed E-state index contributed by atoms with van der Waals surface area (Å²) in [4.78, 5) is 28.9. The molecule has 0 aromatic heterocycles. The predicted octanol–water partition coefficient (Wildman–Crippen LogP) is 4.24. The first kappa shape index (κ1) is 28.9. The summed E-state index contributed by atoms with van der Waals surface area (Å²) < 4.78 is 26.8. The van der Waals surface area contributed by atoms with E-state index in [9.17, 15) is 18.0 Å². The van der Waals surface area contributed by atoms with Crippen LogP contribution in [0.5, 0.6) is 0 Å². The lowest BCUT2D eigenvalue weighted by atomic mass is 10.0. The lowest BCUT2D eigenvalue weighted by molar-refractivity contribution is -0.140. The van der Waals surface area contributed by atoms with Crippen LogP contribution in [0.4, 0.5) is 5.69 Å². The highest BCUT2D eigenvalue weighted by Gasteiger charge is 2.32. The van der Waals surface area contributed by atoms with Gasteiger partial charge in [0.2, 0.25) is 21.8 Å². The van der Waals surface area contributed by atoms with Crippen molar-refractivity contribution in [2.75, 3.05) is 23.7 Å². The third kappa shape index (κ3) is 7.92. The van der Waals surface area contributed by atoms with Crippen LogP contribution in [0.1, 0.15) is 35.6 Å². The molecule has 3 aromatic carbocycles. The molecule has 0 unspecified atom stereocenters. The fraction of sp³-hybridized carbons (Fsp3) is 0.333. The maximum atomic E-state index is 14.0. The van der Waals surface area contributed by atoms with Gasteiger partial charge in [0.25, 0.3) is 0 Å².